The maximum Gasteiger partial charge on any atom is 0.0701 e. The summed E-state index contributed by atoms with van der Waals surface area (Å²) in [6.45, 7) is 3.02. The molecule has 0 aromatic carbocycles. The Morgan fingerprint density at radius 3 is 2.77 bits per heavy atom. The fourth-order valence-corrected chi connectivity index (χ4v) is 3.06. The molecule has 0 radical (unpaired) electrons. The first-order chi connectivity index (χ1) is 6.26. The van der Waals surface area contributed by atoms with E-state index in [0.717, 1.165) is 13.0 Å². The van der Waals surface area contributed by atoms with Gasteiger partial charge < -0.3 is 5.73 Å². The summed E-state index contributed by atoms with van der Waals surface area (Å²) < 4.78 is 1.22. The highest BCUT2D eigenvalue weighted by Gasteiger charge is 2.07. The van der Waals surface area contributed by atoms with Crippen LogP contribution in [0.5, 0.6) is 0 Å². The lowest BCUT2D eigenvalue weighted by molar-refractivity contribution is 0.491. The Hall–Kier alpha value is 0.140. The minimum absolute atomic E-state index is 0.663. The quantitative estimate of drug-likeness (QED) is 0.864. The van der Waals surface area contributed by atoms with Crippen LogP contribution in [-0.4, -0.2) is 6.54 Å². The molecule has 1 aromatic heterocycles. The van der Waals surface area contributed by atoms with Crippen molar-refractivity contribution in [1.29, 1.82) is 0 Å². The predicted octanol–water partition coefficient (Wildman–Crippen LogP) is 3.43. The molecule has 0 bridgehead atoms. The molecule has 0 fully saturated rings. The van der Waals surface area contributed by atoms with Gasteiger partial charge in [0, 0.05) is 4.88 Å². The van der Waals surface area contributed by atoms with Gasteiger partial charge in [0.25, 0.3) is 0 Å². The molecule has 2 N–H and O–H groups in total. The van der Waals surface area contributed by atoms with Crippen molar-refractivity contribution in [2.45, 2.75) is 26.2 Å². The summed E-state index contributed by atoms with van der Waals surface area (Å²) in [5.74, 6) is 0.663. The molecule has 1 unspecified atom stereocenters. The van der Waals surface area contributed by atoms with Crippen molar-refractivity contribution >= 4 is 27.3 Å². The predicted molar refractivity (Wildman–Crippen MR) is 63.2 cm³/mol. The molecule has 0 saturated carbocycles. The normalized spacial score (nSPS) is 13.2. The molecule has 74 valence electrons. The highest BCUT2D eigenvalue weighted by molar-refractivity contribution is 9.11. The number of hydrogen-bond donors (Lipinski definition) is 1. The molecule has 0 aliphatic heterocycles. The standard InChI is InChI=1S/C10H16BrNS/c1-2-3-8(7-12)6-9-4-5-10(11)13-9/h4-5,8H,2-3,6-7,12H2,1H3. The largest absolute Gasteiger partial charge is 0.330 e. The molecule has 0 aliphatic carbocycles. The first kappa shape index (κ1) is 11.2. The number of halogens is 1. The summed E-state index contributed by atoms with van der Waals surface area (Å²) in [5, 5.41) is 0. The molecule has 1 heterocycles. The highest BCUT2D eigenvalue weighted by Crippen LogP contribution is 2.25. The van der Waals surface area contributed by atoms with E-state index in [4.69, 9.17) is 5.73 Å². The molecule has 0 amide bonds. The third-order valence-electron chi connectivity index (χ3n) is 2.15. The molecule has 0 spiro atoms. The van der Waals surface area contributed by atoms with Gasteiger partial charge in [-0.25, -0.2) is 0 Å². The fourth-order valence-electron chi connectivity index (χ4n) is 1.46. The van der Waals surface area contributed by atoms with Crippen LogP contribution in [-0.2, 0) is 6.42 Å². The first-order valence-corrected chi connectivity index (χ1v) is 6.31. The Labute approximate surface area is 92.5 Å². The molecule has 1 rings (SSSR count). The van der Waals surface area contributed by atoms with Crippen molar-refractivity contribution < 1.29 is 0 Å². The van der Waals surface area contributed by atoms with Gasteiger partial charge in [-0.3, -0.25) is 0 Å². The first-order valence-electron chi connectivity index (χ1n) is 4.70. The van der Waals surface area contributed by atoms with Crippen LogP contribution in [0.3, 0.4) is 0 Å². The van der Waals surface area contributed by atoms with Crippen LogP contribution < -0.4 is 5.73 Å². The minimum Gasteiger partial charge on any atom is -0.330 e. The summed E-state index contributed by atoms with van der Waals surface area (Å²) in [7, 11) is 0. The van der Waals surface area contributed by atoms with Gasteiger partial charge in [-0.1, -0.05) is 13.3 Å². The summed E-state index contributed by atoms with van der Waals surface area (Å²) in [5.41, 5.74) is 5.71. The average Bonchev–Trinajstić information content (AvgIpc) is 2.50. The minimum atomic E-state index is 0.663. The van der Waals surface area contributed by atoms with Crippen LogP contribution in [0.25, 0.3) is 0 Å². The third-order valence-corrected chi connectivity index (χ3v) is 3.79. The Balaban J connectivity index is 2.46. The van der Waals surface area contributed by atoms with Gasteiger partial charge in [-0.2, -0.15) is 0 Å². The maximum absolute atomic E-state index is 5.71. The molecule has 0 aliphatic rings. The van der Waals surface area contributed by atoms with E-state index in [1.807, 2.05) is 11.3 Å². The zero-order valence-corrected chi connectivity index (χ0v) is 10.3. The number of hydrogen-bond acceptors (Lipinski definition) is 2. The van der Waals surface area contributed by atoms with Gasteiger partial charge in [-0.05, 0) is 53.4 Å². The Bertz CT molecular complexity index is 247. The van der Waals surface area contributed by atoms with Crippen LogP contribution in [0, 0.1) is 5.92 Å². The summed E-state index contributed by atoms with van der Waals surface area (Å²) >= 11 is 5.29. The zero-order chi connectivity index (χ0) is 9.68. The van der Waals surface area contributed by atoms with Crippen LogP contribution in [0.15, 0.2) is 15.9 Å². The number of nitrogens with two attached hydrogens (primary N) is 1. The smallest absolute Gasteiger partial charge is 0.0701 e. The lowest BCUT2D eigenvalue weighted by Gasteiger charge is -2.11. The molecular weight excluding hydrogens is 246 g/mol. The number of thiophene rings is 1. The lowest BCUT2D eigenvalue weighted by atomic mass is 9.99. The van der Waals surface area contributed by atoms with E-state index in [2.05, 4.69) is 35.0 Å². The summed E-state index contributed by atoms with van der Waals surface area (Å²) in [4.78, 5) is 1.44. The lowest BCUT2D eigenvalue weighted by Crippen LogP contribution is -2.16. The summed E-state index contributed by atoms with van der Waals surface area (Å²) in [6, 6.07) is 4.30. The van der Waals surface area contributed by atoms with Gasteiger partial charge in [0.05, 0.1) is 3.79 Å². The van der Waals surface area contributed by atoms with Crippen LogP contribution in [0.4, 0.5) is 0 Å². The Morgan fingerprint density at radius 1 is 1.54 bits per heavy atom. The van der Waals surface area contributed by atoms with Gasteiger partial charge in [0.2, 0.25) is 0 Å². The van der Waals surface area contributed by atoms with Gasteiger partial charge in [0.1, 0.15) is 0 Å². The SMILES string of the molecule is CCCC(CN)Cc1ccc(Br)s1. The zero-order valence-electron chi connectivity index (χ0n) is 7.92. The van der Waals surface area contributed by atoms with Crippen molar-refractivity contribution in [3.8, 4) is 0 Å². The van der Waals surface area contributed by atoms with Crippen molar-refractivity contribution in [2.75, 3.05) is 6.54 Å². The second-order valence-electron chi connectivity index (χ2n) is 3.30. The van der Waals surface area contributed by atoms with E-state index in [1.165, 1.54) is 21.5 Å². The Kier molecular flexibility index (Phi) is 4.99. The van der Waals surface area contributed by atoms with E-state index in [1.54, 1.807) is 0 Å². The van der Waals surface area contributed by atoms with E-state index in [-0.39, 0.29) is 0 Å². The second-order valence-corrected chi connectivity index (χ2v) is 5.85. The fraction of sp³-hybridized carbons (Fsp3) is 0.600. The van der Waals surface area contributed by atoms with Gasteiger partial charge in [0.15, 0.2) is 0 Å². The van der Waals surface area contributed by atoms with Crippen molar-refractivity contribution in [3.63, 3.8) is 0 Å². The van der Waals surface area contributed by atoms with E-state index >= 15 is 0 Å². The van der Waals surface area contributed by atoms with Gasteiger partial charge >= 0.3 is 0 Å². The summed E-state index contributed by atoms with van der Waals surface area (Å²) in [6.07, 6.45) is 3.61. The highest BCUT2D eigenvalue weighted by atomic mass is 79.9. The molecular formula is C10H16BrNS. The average molecular weight is 262 g/mol. The van der Waals surface area contributed by atoms with E-state index < -0.39 is 0 Å². The van der Waals surface area contributed by atoms with Crippen LogP contribution in [0.2, 0.25) is 0 Å². The molecule has 0 saturated heterocycles. The Morgan fingerprint density at radius 2 is 2.31 bits per heavy atom. The molecule has 1 atom stereocenters. The molecule has 1 aromatic rings. The van der Waals surface area contributed by atoms with Crippen LogP contribution in [0.1, 0.15) is 24.6 Å². The van der Waals surface area contributed by atoms with E-state index in [0.29, 0.717) is 5.92 Å². The third kappa shape index (κ3) is 3.79. The topological polar surface area (TPSA) is 26.0 Å². The number of rotatable bonds is 5. The van der Waals surface area contributed by atoms with Gasteiger partial charge in [-0.15, -0.1) is 11.3 Å². The molecule has 1 nitrogen and oxygen atoms in total. The van der Waals surface area contributed by atoms with Crippen molar-refractivity contribution in [3.05, 3.63) is 20.8 Å². The molecule has 13 heavy (non-hydrogen) atoms. The molecule has 3 heteroatoms. The van der Waals surface area contributed by atoms with Crippen molar-refractivity contribution in [1.82, 2.24) is 0 Å². The second kappa shape index (κ2) is 5.78. The van der Waals surface area contributed by atoms with Crippen LogP contribution >= 0.6 is 27.3 Å². The maximum atomic E-state index is 5.71. The monoisotopic (exact) mass is 261 g/mol. The van der Waals surface area contributed by atoms with Crippen molar-refractivity contribution in [2.24, 2.45) is 11.7 Å². The van der Waals surface area contributed by atoms with E-state index in [9.17, 15) is 0 Å².